The van der Waals surface area contributed by atoms with Gasteiger partial charge in [-0.3, -0.25) is 0 Å². The summed E-state index contributed by atoms with van der Waals surface area (Å²) in [5, 5.41) is 21.1. The van der Waals surface area contributed by atoms with E-state index >= 15 is 0 Å². The molecular formula is C14H22O3. The maximum atomic E-state index is 11.0. The Morgan fingerprint density at radius 1 is 0.941 bits per heavy atom. The minimum absolute atomic E-state index is 0.0301. The van der Waals surface area contributed by atoms with E-state index in [9.17, 15) is 10.2 Å². The topological polar surface area (TPSA) is 49.7 Å². The highest BCUT2D eigenvalue weighted by Gasteiger charge is 2.63. The molecule has 0 amide bonds. The Balaban J connectivity index is 1.72. The SMILES string of the molecule is O[C@@H]1COC[C@@]1(O)C12CC3CC(CC(C3)C1)C2. The van der Waals surface area contributed by atoms with E-state index in [1.807, 2.05) is 0 Å². The van der Waals surface area contributed by atoms with E-state index in [1.54, 1.807) is 0 Å². The molecule has 3 nitrogen and oxygen atoms in total. The lowest BCUT2D eigenvalue weighted by molar-refractivity contribution is -0.205. The van der Waals surface area contributed by atoms with E-state index in [4.69, 9.17) is 4.74 Å². The highest BCUT2D eigenvalue weighted by atomic mass is 16.5. The van der Waals surface area contributed by atoms with E-state index in [-0.39, 0.29) is 5.41 Å². The maximum absolute atomic E-state index is 11.0. The molecule has 2 atom stereocenters. The van der Waals surface area contributed by atoms with Crippen LogP contribution in [0, 0.1) is 23.2 Å². The largest absolute Gasteiger partial charge is 0.388 e. The maximum Gasteiger partial charge on any atom is 0.122 e. The molecule has 0 aromatic rings. The molecule has 17 heavy (non-hydrogen) atoms. The average Bonchev–Trinajstić information content (AvgIpc) is 2.59. The van der Waals surface area contributed by atoms with Crippen molar-refractivity contribution in [3.8, 4) is 0 Å². The molecule has 1 heterocycles. The molecule has 5 aliphatic rings. The van der Waals surface area contributed by atoms with Crippen LogP contribution in [0.4, 0.5) is 0 Å². The molecule has 0 aromatic carbocycles. The van der Waals surface area contributed by atoms with Gasteiger partial charge in [-0.05, 0) is 56.3 Å². The third-order valence-corrected chi connectivity index (χ3v) is 6.11. The van der Waals surface area contributed by atoms with E-state index in [0.717, 1.165) is 37.0 Å². The van der Waals surface area contributed by atoms with Crippen molar-refractivity contribution < 1.29 is 14.9 Å². The first-order chi connectivity index (χ1) is 8.11. The summed E-state index contributed by atoms with van der Waals surface area (Å²) in [5.41, 5.74) is -0.985. The quantitative estimate of drug-likeness (QED) is 0.724. The smallest absolute Gasteiger partial charge is 0.122 e. The van der Waals surface area contributed by atoms with Gasteiger partial charge in [0.1, 0.15) is 11.7 Å². The molecular weight excluding hydrogens is 216 g/mol. The summed E-state index contributed by atoms with van der Waals surface area (Å²) in [6.45, 7) is 0.665. The van der Waals surface area contributed by atoms with Gasteiger partial charge in [0.05, 0.1) is 13.2 Å². The van der Waals surface area contributed by atoms with Crippen molar-refractivity contribution in [1.29, 1.82) is 0 Å². The van der Waals surface area contributed by atoms with E-state index < -0.39 is 11.7 Å². The monoisotopic (exact) mass is 238 g/mol. The normalized spacial score (nSPS) is 61.1. The number of rotatable bonds is 1. The van der Waals surface area contributed by atoms with Crippen LogP contribution < -0.4 is 0 Å². The van der Waals surface area contributed by atoms with Gasteiger partial charge < -0.3 is 14.9 Å². The number of hydrogen-bond donors (Lipinski definition) is 2. The Morgan fingerprint density at radius 2 is 1.47 bits per heavy atom. The molecule has 96 valence electrons. The first-order valence-electron chi connectivity index (χ1n) is 7.09. The van der Waals surface area contributed by atoms with Gasteiger partial charge in [-0.1, -0.05) is 0 Å². The van der Waals surface area contributed by atoms with Crippen molar-refractivity contribution >= 4 is 0 Å². The molecule has 1 saturated heterocycles. The number of aliphatic hydroxyl groups is 2. The van der Waals surface area contributed by atoms with Crippen LogP contribution in [0.3, 0.4) is 0 Å². The van der Waals surface area contributed by atoms with Gasteiger partial charge >= 0.3 is 0 Å². The van der Waals surface area contributed by atoms with Crippen molar-refractivity contribution in [2.45, 2.75) is 50.2 Å². The molecule has 4 aliphatic carbocycles. The number of hydrogen-bond acceptors (Lipinski definition) is 3. The molecule has 5 rings (SSSR count). The van der Waals surface area contributed by atoms with E-state index in [2.05, 4.69) is 0 Å². The van der Waals surface area contributed by atoms with Gasteiger partial charge in [-0.2, -0.15) is 0 Å². The van der Waals surface area contributed by atoms with Crippen LogP contribution >= 0.6 is 0 Å². The van der Waals surface area contributed by atoms with Gasteiger partial charge in [0, 0.05) is 5.41 Å². The average molecular weight is 238 g/mol. The molecule has 1 aliphatic heterocycles. The van der Waals surface area contributed by atoms with Crippen LogP contribution in [-0.4, -0.2) is 35.1 Å². The Labute approximate surface area is 102 Å². The van der Waals surface area contributed by atoms with Crippen molar-refractivity contribution in [1.82, 2.24) is 0 Å². The van der Waals surface area contributed by atoms with Crippen LogP contribution in [-0.2, 0) is 4.74 Å². The zero-order chi connectivity index (χ0) is 11.7. The minimum Gasteiger partial charge on any atom is -0.388 e. The lowest BCUT2D eigenvalue weighted by Crippen LogP contribution is -2.63. The van der Waals surface area contributed by atoms with Crippen molar-refractivity contribution in [3.05, 3.63) is 0 Å². The van der Waals surface area contributed by atoms with Crippen molar-refractivity contribution in [2.75, 3.05) is 13.2 Å². The first-order valence-corrected chi connectivity index (χ1v) is 7.09. The molecule has 0 unspecified atom stereocenters. The minimum atomic E-state index is -0.955. The molecule has 0 radical (unpaired) electrons. The van der Waals surface area contributed by atoms with Gasteiger partial charge in [0.15, 0.2) is 0 Å². The standard InChI is InChI=1S/C14H22O3/c15-12-7-17-8-14(12,16)13-4-9-1-10(5-13)3-11(2-9)6-13/h9-12,15-16H,1-8H2/t9?,10?,11?,12-,13?,14+/m1/s1. The summed E-state index contributed by atoms with van der Waals surface area (Å²) in [4.78, 5) is 0. The number of ether oxygens (including phenoxy) is 1. The molecule has 4 saturated carbocycles. The molecule has 2 N–H and O–H groups in total. The van der Waals surface area contributed by atoms with Crippen LogP contribution in [0.5, 0.6) is 0 Å². The molecule has 4 bridgehead atoms. The van der Waals surface area contributed by atoms with E-state index in [0.29, 0.717) is 13.2 Å². The lowest BCUT2D eigenvalue weighted by atomic mass is 9.45. The highest BCUT2D eigenvalue weighted by molar-refractivity contribution is 5.13. The van der Waals surface area contributed by atoms with Gasteiger partial charge in [-0.15, -0.1) is 0 Å². The van der Waals surface area contributed by atoms with Crippen molar-refractivity contribution in [3.63, 3.8) is 0 Å². The molecule has 3 heteroatoms. The van der Waals surface area contributed by atoms with Crippen LogP contribution in [0.25, 0.3) is 0 Å². The van der Waals surface area contributed by atoms with Crippen LogP contribution in [0.1, 0.15) is 38.5 Å². The second kappa shape index (κ2) is 3.25. The predicted molar refractivity (Wildman–Crippen MR) is 62.4 cm³/mol. The molecule has 5 fully saturated rings. The number of aliphatic hydroxyl groups excluding tert-OH is 1. The van der Waals surface area contributed by atoms with E-state index in [1.165, 1.54) is 19.3 Å². The summed E-state index contributed by atoms with van der Waals surface area (Å²) < 4.78 is 5.36. The predicted octanol–water partition coefficient (Wildman–Crippen LogP) is 1.32. The van der Waals surface area contributed by atoms with Crippen LogP contribution in [0.2, 0.25) is 0 Å². The molecule has 0 aromatic heterocycles. The summed E-state index contributed by atoms with van der Waals surface area (Å²) in [6, 6.07) is 0. The lowest BCUT2D eigenvalue weighted by Gasteiger charge is -2.61. The fourth-order valence-corrected chi connectivity index (χ4v) is 5.71. The highest BCUT2D eigenvalue weighted by Crippen LogP contribution is 2.64. The Bertz CT molecular complexity index is 305. The van der Waals surface area contributed by atoms with Crippen molar-refractivity contribution in [2.24, 2.45) is 23.2 Å². The fourth-order valence-electron chi connectivity index (χ4n) is 5.71. The van der Waals surface area contributed by atoms with Gasteiger partial charge in [0.2, 0.25) is 0 Å². The Morgan fingerprint density at radius 3 is 1.88 bits per heavy atom. The summed E-state index contributed by atoms with van der Waals surface area (Å²) in [5.74, 6) is 2.41. The third kappa shape index (κ3) is 1.28. The second-order valence-electron chi connectivity index (χ2n) is 7.15. The second-order valence-corrected chi connectivity index (χ2v) is 7.15. The first kappa shape index (κ1) is 10.8. The summed E-state index contributed by atoms with van der Waals surface area (Å²) >= 11 is 0. The van der Waals surface area contributed by atoms with Crippen LogP contribution in [0.15, 0.2) is 0 Å². The Kier molecular flexibility index (Phi) is 2.06. The van der Waals surface area contributed by atoms with Gasteiger partial charge in [-0.25, -0.2) is 0 Å². The van der Waals surface area contributed by atoms with Gasteiger partial charge in [0.25, 0.3) is 0 Å². The zero-order valence-corrected chi connectivity index (χ0v) is 10.3. The third-order valence-electron chi connectivity index (χ3n) is 6.11. The zero-order valence-electron chi connectivity index (χ0n) is 10.3. The summed E-state index contributed by atoms with van der Waals surface area (Å²) in [6.07, 6.45) is 6.80. The summed E-state index contributed by atoms with van der Waals surface area (Å²) in [7, 11) is 0. The fraction of sp³-hybridized carbons (Fsp3) is 1.00. The molecule has 0 spiro atoms. The Hall–Kier alpha value is -0.120.